The maximum Gasteiger partial charge on any atom is 0.406 e. The molecule has 1 fully saturated rings. The molecule has 1 saturated heterocycles. The van der Waals surface area contributed by atoms with Crippen LogP contribution in [-0.4, -0.2) is 63.7 Å². The van der Waals surface area contributed by atoms with Gasteiger partial charge in [0.25, 0.3) is 0 Å². The molecule has 0 saturated carbocycles. The second kappa shape index (κ2) is 6.72. The van der Waals surface area contributed by atoms with E-state index in [4.69, 9.17) is 0 Å². The number of rotatable bonds is 3. The fourth-order valence-electron chi connectivity index (χ4n) is 3.63. The summed E-state index contributed by atoms with van der Waals surface area (Å²) in [6.07, 6.45) is -3.43. The monoisotopic (exact) mass is 381 g/mol. The molecule has 9 heteroatoms. The predicted octanol–water partition coefficient (Wildman–Crippen LogP) is 3.03. The summed E-state index contributed by atoms with van der Waals surface area (Å²) in [5, 5.41) is 0.516. The first-order valence-corrected chi connectivity index (χ1v) is 8.71. The van der Waals surface area contributed by atoms with E-state index < -0.39 is 18.7 Å². The highest BCUT2D eigenvalue weighted by molar-refractivity contribution is 6.05. The summed E-state index contributed by atoms with van der Waals surface area (Å²) in [5.74, 6) is -0.943. The van der Waals surface area contributed by atoms with Crippen LogP contribution in [0.1, 0.15) is 5.56 Å². The van der Waals surface area contributed by atoms with Crippen molar-refractivity contribution in [3.8, 4) is 0 Å². The van der Waals surface area contributed by atoms with Crippen molar-refractivity contribution >= 4 is 21.9 Å². The number of piperazine rings is 1. The van der Waals surface area contributed by atoms with Crippen LogP contribution in [0.15, 0.2) is 24.5 Å². The van der Waals surface area contributed by atoms with Gasteiger partial charge in [-0.05, 0) is 24.7 Å². The second-order valence-corrected chi connectivity index (χ2v) is 6.99. The Labute approximate surface area is 153 Å². The van der Waals surface area contributed by atoms with E-state index in [0.717, 1.165) is 42.6 Å². The maximum absolute atomic E-state index is 14.2. The Balaban J connectivity index is 1.77. The molecule has 3 heterocycles. The normalized spacial score (nSPS) is 17.2. The molecule has 1 aliphatic heterocycles. The minimum atomic E-state index is -4.47. The molecule has 27 heavy (non-hydrogen) atoms. The fourth-order valence-corrected chi connectivity index (χ4v) is 3.63. The minimum absolute atomic E-state index is 0.207. The molecule has 4 rings (SSSR count). The van der Waals surface area contributed by atoms with Gasteiger partial charge in [0.05, 0.1) is 5.52 Å². The summed E-state index contributed by atoms with van der Waals surface area (Å²) >= 11 is 0. The van der Waals surface area contributed by atoms with Crippen LogP contribution in [-0.2, 0) is 13.1 Å². The van der Waals surface area contributed by atoms with Crippen molar-refractivity contribution in [3.63, 3.8) is 0 Å². The average Bonchev–Trinajstić information content (AvgIpc) is 2.90. The average molecular weight is 381 g/mol. The number of hydrogen-bond donors (Lipinski definition) is 0. The van der Waals surface area contributed by atoms with Crippen LogP contribution < -0.4 is 0 Å². The Kier molecular flexibility index (Phi) is 4.51. The van der Waals surface area contributed by atoms with Crippen LogP contribution in [0.5, 0.6) is 0 Å². The van der Waals surface area contributed by atoms with Crippen molar-refractivity contribution in [2.24, 2.45) is 0 Å². The predicted molar refractivity (Wildman–Crippen MR) is 93.8 cm³/mol. The van der Waals surface area contributed by atoms with Gasteiger partial charge in [0.2, 0.25) is 5.95 Å². The van der Waals surface area contributed by atoms with Gasteiger partial charge in [-0.1, -0.05) is 6.07 Å². The first kappa shape index (κ1) is 18.1. The Morgan fingerprint density at radius 2 is 1.81 bits per heavy atom. The Hall–Kier alpha value is -2.26. The molecule has 0 aliphatic carbocycles. The van der Waals surface area contributed by atoms with Gasteiger partial charge in [-0.25, -0.2) is 9.97 Å². The number of nitrogens with zero attached hydrogens (tertiary/aromatic N) is 5. The Morgan fingerprint density at radius 3 is 2.52 bits per heavy atom. The van der Waals surface area contributed by atoms with Crippen LogP contribution >= 0.6 is 0 Å². The van der Waals surface area contributed by atoms with Crippen molar-refractivity contribution in [3.05, 3.63) is 36.0 Å². The van der Waals surface area contributed by atoms with Crippen LogP contribution in [0.25, 0.3) is 21.9 Å². The highest BCUT2D eigenvalue weighted by Crippen LogP contribution is 2.32. The third-order valence-corrected chi connectivity index (χ3v) is 4.99. The van der Waals surface area contributed by atoms with Gasteiger partial charge in [-0.15, -0.1) is 0 Å². The van der Waals surface area contributed by atoms with Crippen molar-refractivity contribution in [1.29, 1.82) is 0 Å². The lowest BCUT2D eigenvalue weighted by Gasteiger charge is -2.32. The van der Waals surface area contributed by atoms with Gasteiger partial charge in [0.15, 0.2) is 0 Å². The molecule has 0 unspecified atom stereocenters. The van der Waals surface area contributed by atoms with E-state index >= 15 is 0 Å². The number of likely N-dealkylation sites (N-methyl/N-ethyl adjacent to an activating group) is 1. The van der Waals surface area contributed by atoms with Gasteiger partial charge in [-0.2, -0.15) is 17.6 Å². The van der Waals surface area contributed by atoms with Crippen molar-refractivity contribution < 1.29 is 17.6 Å². The molecule has 0 N–H and O–H groups in total. The van der Waals surface area contributed by atoms with E-state index in [1.165, 1.54) is 0 Å². The van der Waals surface area contributed by atoms with Crippen molar-refractivity contribution in [1.82, 2.24) is 24.3 Å². The minimum Gasteiger partial charge on any atom is -0.326 e. The number of aromatic nitrogens is 3. The number of halogens is 4. The summed E-state index contributed by atoms with van der Waals surface area (Å²) in [6.45, 7) is 3.23. The quantitative estimate of drug-likeness (QED) is 0.516. The van der Waals surface area contributed by atoms with Crippen LogP contribution in [0, 0.1) is 5.95 Å². The molecule has 5 nitrogen and oxygen atoms in total. The van der Waals surface area contributed by atoms with Gasteiger partial charge in [-0.3, -0.25) is 4.90 Å². The van der Waals surface area contributed by atoms with Crippen LogP contribution in [0.2, 0.25) is 0 Å². The topological polar surface area (TPSA) is 37.2 Å². The number of hydrogen-bond acceptors (Lipinski definition) is 4. The number of benzene rings is 1. The van der Waals surface area contributed by atoms with Crippen molar-refractivity contribution in [2.45, 2.75) is 19.3 Å². The summed E-state index contributed by atoms with van der Waals surface area (Å²) in [5.41, 5.74) is 1.28. The van der Waals surface area contributed by atoms with Gasteiger partial charge in [0.1, 0.15) is 23.9 Å². The Morgan fingerprint density at radius 1 is 1.07 bits per heavy atom. The SMILES string of the molecule is CN1CCN(Cc2ccc3c(c2)c2ncnc(F)c2n3CC(F)(F)F)CC1. The largest absolute Gasteiger partial charge is 0.406 e. The second-order valence-electron chi connectivity index (χ2n) is 6.99. The third kappa shape index (κ3) is 3.61. The molecule has 0 bridgehead atoms. The van der Waals surface area contributed by atoms with Gasteiger partial charge in [0, 0.05) is 38.1 Å². The zero-order chi connectivity index (χ0) is 19.2. The molecule has 1 aliphatic rings. The van der Waals surface area contributed by atoms with Gasteiger partial charge >= 0.3 is 6.18 Å². The third-order valence-electron chi connectivity index (χ3n) is 4.99. The number of alkyl halides is 3. The maximum atomic E-state index is 14.2. The summed E-state index contributed by atoms with van der Waals surface area (Å²) in [6, 6.07) is 5.24. The molecule has 0 amide bonds. The smallest absolute Gasteiger partial charge is 0.326 e. The molecule has 3 aromatic rings. The zero-order valence-corrected chi connectivity index (χ0v) is 14.8. The Bertz CT molecular complexity index is 973. The first-order chi connectivity index (χ1) is 12.8. The van der Waals surface area contributed by atoms with Crippen molar-refractivity contribution in [2.75, 3.05) is 33.2 Å². The molecule has 0 atom stereocenters. The molecule has 0 spiro atoms. The summed E-state index contributed by atoms with van der Waals surface area (Å²) < 4.78 is 54.2. The lowest BCUT2D eigenvalue weighted by atomic mass is 10.1. The van der Waals surface area contributed by atoms with E-state index in [-0.39, 0.29) is 11.0 Å². The highest BCUT2D eigenvalue weighted by atomic mass is 19.4. The fraction of sp³-hybridized carbons (Fsp3) is 0.444. The zero-order valence-electron chi connectivity index (χ0n) is 14.8. The molecule has 1 aromatic carbocycles. The van der Waals surface area contributed by atoms with Crippen LogP contribution in [0.3, 0.4) is 0 Å². The first-order valence-electron chi connectivity index (χ1n) is 8.71. The van der Waals surface area contributed by atoms with E-state index in [2.05, 4.69) is 26.8 Å². The lowest BCUT2D eigenvalue weighted by Crippen LogP contribution is -2.43. The lowest BCUT2D eigenvalue weighted by molar-refractivity contribution is -0.139. The van der Waals surface area contributed by atoms with E-state index in [0.29, 0.717) is 17.4 Å². The van der Waals surface area contributed by atoms with E-state index in [1.54, 1.807) is 12.1 Å². The molecule has 144 valence electrons. The van der Waals surface area contributed by atoms with Crippen LogP contribution in [0.4, 0.5) is 17.6 Å². The van der Waals surface area contributed by atoms with E-state index in [1.807, 2.05) is 6.07 Å². The molecular weight excluding hydrogens is 362 g/mol. The highest BCUT2D eigenvalue weighted by Gasteiger charge is 2.31. The molecular formula is C18H19F4N5. The summed E-state index contributed by atoms with van der Waals surface area (Å²) in [4.78, 5) is 12.0. The standard InChI is InChI=1S/C18H19F4N5/c1-25-4-6-26(7-5-25)9-12-2-3-14-13(8-12)15-16(17(19)24-11-23-15)27(14)10-18(20,21)22/h2-3,8,11H,4-7,9-10H2,1H3. The summed E-state index contributed by atoms with van der Waals surface area (Å²) in [7, 11) is 2.08. The van der Waals surface area contributed by atoms with E-state index in [9.17, 15) is 17.6 Å². The molecule has 2 aromatic heterocycles. The molecule has 0 radical (unpaired) electrons. The van der Waals surface area contributed by atoms with Gasteiger partial charge < -0.3 is 9.47 Å². The number of fused-ring (bicyclic) bond motifs is 3.